The number of aromatic nitrogens is 2. The summed E-state index contributed by atoms with van der Waals surface area (Å²) in [5.74, 6) is 1.48. The number of aryl methyl sites for hydroxylation is 2. The molecule has 5 rings (SSSR count). The van der Waals surface area contributed by atoms with Gasteiger partial charge in [0.05, 0.1) is 19.7 Å². The highest BCUT2D eigenvalue weighted by Gasteiger charge is 2.25. The number of pyridine rings is 2. The zero-order valence-electron chi connectivity index (χ0n) is 18.6. The third-order valence-electron chi connectivity index (χ3n) is 6.61. The van der Waals surface area contributed by atoms with Crippen molar-refractivity contribution in [2.24, 2.45) is 0 Å². The Balaban J connectivity index is 1.42. The van der Waals surface area contributed by atoms with Gasteiger partial charge in [-0.25, -0.2) is 0 Å². The lowest BCUT2D eigenvalue weighted by molar-refractivity contribution is 0.356. The highest BCUT2D eigenvalue weighted by molar-refractivity contribution is 5.96. The Hall–Kier alpha value is -3.02. The van der Waals surface area contributed by atoms with Gasteiger partial charge in [0.25, 0.3) is 0 Å². The number of rotatable bonds is 5. The fourth-order valence-electron chi connectivity index (χ4n) is 4.97. The summed E-state index contributed by atoms with van der Waals surface area (Å²) in [6.07, 6.45) is 7.42. The van der Waals surface area contributed by atoms with Crippen LogP contribution in [-0.2, 0) is 12.8 Å². The van der Waals surface area contributed by atoms with Crippen LogP contribution in [0.25, 0.3) is 10.9 Å². The zero-order chi connectivity index (χ0) is 21.4. The molecule has 0 radical (unpaired) electrons. The number of fused-ring (bicyclic) bond motifs is 2. The summed E-state index contributed by atoms with van der Waals surface area (Å²) in [5, 5.41) is 5.05. The van der Waals surface area contributed by atoms with Crippen molar-refractivity contribution in [3.05, 3.63) is 47.4 Å². The van der Waals surface area contributed by atoms with E-state index >= 15 is 0 Å². The molecule has 0 bridgehead atoms. The molecule has 0 atom stereocenters. The molecule has 0 spiro atoms. The first-order valence-corrected chi connectivity index (χ1v) is 11.2. The molecule has 1 aromatic carbocycles. The number of hydrogen-bond acceptors (Lipinski definition) is 6. The van der Waals surface area contributed by atoms with Crippen LogP contribution in [0.15, 0.2) is 30.5 Å². The molecule has 6 nitrogen and oxygen atoms in total. The number of nitrogens with zero attached hydrogens (tertiary/aromatic N) is 3. The lowest BCUT2D eigenvalue weighted by Crippen LogP contribution is -2.39. The first-order valence-electron chi connectivity index (χ1n) is 11.2. The third kappa shape index (κ3) is 3.75. The molecule has 0 amide bonds. The van der Waals surface area contributed by atoms with Gasteiger partial charge in [-0.05, 0) is 62.8 Å². The normalized spacial score (nSPS) is 16.4. The fraction of sp³-hybridized carbons (Fsp3) is 0.440. The molecule has 1 aliphatic carbocycles. The minimum atomic E-state index is 0.447. The van der Waals surface area contributed by atoms with E-state index in [1.54, 1.807) is 14.2 Å². The van der Waals surface area contributed by atoms with E-state index in [-0.39, 0.29) is 0 Å². The monoisotopic (exact) mass is 418 g/mol. The quantitative estimate of drug-likeness (QED) is 0.657. The van der Waals surface area contributed by atoms with E-state index in [9.17, 15) is 0 Å². The van der Waals surface area contributed by atoms with Gasteiger partial charge in [-0.3, -0.25) is 9.97 Å². The van der Waals surface area contributed by atoms with Crippen molar-refractivity contribution in [3.63, 3.8) is 0 Å². The second-order valence-corrected chi connectivity index (χ2v) is 8.55. The van der Waals surface area contributed by atoms with Crippen molar-refractivity contribution in [1.82, 2.24) is 9.97 Å². The van der Waals surface area contributed by atoms with E-state index in [0.717, 1.165) is 66.9 Å². The fourth-order valence-corrected chi connectivity index (χ4v) is 4.97. The van der Waals surface area contributed by atoms with Gasteiger partial charge in [-0.2, -0.15) is 0 Å². The molecule has 0 unspecified atom stereocenters. The van der Waals surface area contributed by atoms with Gasteiger partial charge < -0.3 is 19.7 Å². The van der Waals surface area contributed by atoms with Crippen molar-refractivity contribution in [3.8, 4) is 11.5 Å². The number of anilines is 2. The topological polar surface area (TPSA) is 59.5 Å². The second kappa shape index (κ2) is 8.25. The Kier molecular flexibility index (Phi) is 5.30. The minimum absolute atomic E-state index is 0.447. The van der Waals surface area contributed by atoms with Crippen LogP contribution in [0.4, 0.5) is 11.4 Å². The van der Waals surface area contributed by atoms with Gasteiger partial charge in [0.15, 0.2) is 11.5 Å². The van der Waals surface area contributed by atoms with Crippen LogP contribution in [0.5, 0.6) is 11.5 Å². The molecular formula is C25H30N4O2. The van der Waals surface area contributed by atoms with Crippen molar-refractivity contribution in [2.45, 2.75) is 45.1 Å². The SMILES string of the molecule is COc1cc2nc3c(c(NC4CCN(c5ccnc(C)c5)CC4)c2cc1OC)CCC3. The molecule has 1 aliphatic heterocycles. The van der Waals surface area contributed by atoms with Crippen LogP contribution in [-0.4, -0.2) is 43.3 Å². The molecule has 3 aromatic rings. The average molecular weight is 419 g/mol. The van der Waals surface area contributed by atoms with E-state index in [1.807, 2.05) is 12.3 Å². The van der Waals surface area contributed by atoms with E-state index in [2.05, 4.69) is 40.3 Å². The van der Waals surface area contributed by atoms with E-state index in [4.69, 9.17) is 14.5 Å². The van der Waals surface area contributed by atoms with Crippen LogP contribution < -0.4 is 19.7 Å². The molecule has 1 fully saturated rings. The Morgan fingerprint density at radius 3 is 2.55 bits per heavy atom. The van der Waals surface area contributed by atoms with Gasteiger partial charge in [0.2, 0.25) is 0 Å². The van der Waals surface area contributed by atoms with Gasteiger partial charge in [0.1, 0.15) is 0 Å². The summed E-state index contributed by atoms with van der Waals surface area (Å²) >= 11 is 0. The highest BCUT2D eigenvalue weighted by atomic mass is 16.5. The minimum Gasteiger partial charge on any atom is -0.493 e. The summed E-state index contributed by atoms with van der Waals surface area (Å²) in [5.41, 5.74) is 7.18. The molecule has 2 aliphatic rings. The number of hydrogen-bond donors (Lipinski definition) is 1. The lowest BCUT2D eigenvalue weighted by atomic mass is 10.0. The molecule has 162 valence electrons. The van der Waals surface area contributed by atoms with Crippen LogP contribution in [0.1, 0.15) is 36.2 Å². The number of piperidine rings is 1. The maximum Gasteiger partial charge on any atom is 0.162 e. The first kappa shape index (κ1) is 19.9. The van der Waals surface area contributed by atoms with Crippen LogP contribution in [0.3, 0.4) is 0 Å². The molecule has 6 heteroatoms. The van der Waals surface area contributed by atoms with Gasteiger partial charge >= 0.3 is 0 Å². The van der Waals surface area contributed by atoms with Gasteiger partial charge in [0, 0.05) is 59.5 Å². The Bertz CT molecular complexity index is 1110. The number of benzene rings is 1. The summed E-state index contributed by atoms with van der Waals surface area (Å²) in [6.45, 7) is 4.14. The first-order chi connectivity index (χ1) is 15.2. The maximum absolute atomic E-state index is 5.59. The van der Waals surface area contributed by atoms with Crippen LogP contribution in [0, 0.1) is 6.92 Å². The van der Waals surface area contributed by atoms with E-state index < -0.39 is 0 Å². The standard InChI is InChI=1S/C25H30N4O2/c1-16-13-18(7-10-26-16)29-11-8-17(9-12-29)27-25-19-5-4-6-21(19)28-22-15-24(31-3)23(30-2)14-20(22)25/h7,10,13-15,17H,4-6,8-9,11-12H2,1-3H3,(H,27,28). The third-order valence-corrected chi connectivity index (χ3v) is 6.61. The van der Waals surface area contributed by atoms with Crippen LogP contribution in [0.2, 0.25) is 0 Å². The molecule has 1 N–H and O–H groups in total. The van der Waals surface area contributed by atoms with E-state index in [1.165, 1.54) is 29.1 Å². The molecule has 0 saturated carbocycles. The van der Waals surface area contributed by atoms with Crippen molar-refractivity contribution in [1.29, 1.82) is 0 Å². The van der Waals surface area contributed by atoms with Crippen LogP contribution >= 0.6 is 0 Å². The van der Waals surface area contributed by atoms with Gasteiger partial charge in [-0.1, -0.05) is 0 Å². The maximum atomic E-state index is 5.59. The van der Waals surface area contributed by atoms with Crippen molar-refractivity contribution in [2.75, 3.05) is 37.5 Å². The average Bonchev–Trinajstić information content (AvgIpc) is 3.27. The summed E-state index contributed by atoms with van der Waals surface area (Å²) in [6, 6.07) is 8.83. The second-order valence-electron chi connectivity index (χ2n) is 8.55. The molecule has 3 heterocycles. The largest absolute Gasteiger partial charge is 0.493 e. The number of ether oxygens (including phenoxy) is 2. The Morgan fingerprint density at radius 2 is 1.81 bits per heavy atom. The highest BCUT2D eigenvalue weighted by Crippen LogP contribution is 2.40. The predicted molar refractivity (Wildman–Crippen MR) is 125 cm³/mol. The molecule has 2 aromatic heterocycles. The number of nitrogens with one attached hydrogen (secondary N) is 1. The van der Waals surface area contributed by atoms with E-state index in [0.29, 0.717) is 6.04 Å². The predicted octanol–water partition coefficient (Wildman–Crippen LogP) is 4.53. The van der Waals surface area contributed by atoms with Crippen molar-refractivity contribution < 1.29 is 9.47 Å². The van der Waals surface area contributed by atoms with Gasteiger partial charge in [-0.15, -0.1) is 0 Å². The zero-order valence-corrected chi connectivity index (χ0v) is 18.6. The smallest absolute Gasteiger partial charge is 0.162 e. The molecule has 1 saturated heterocycles. The Morgan fingerprint density at radius 1 is 1.03 bits per heavy atom. The summed E-state index contributed by atoms with van der Waals surface area (Å²) in [4.78, 5) is 11.8. The lowest BCUT2D eigenvalue weighted by Gasteiger charge is -2.35. The summed E-state index contributed by atoms with van der Waals surface area (Å²) in [7, 11) is 3.36. The summed E-state index contributed by atoms with van der Waals surface area (Å²) < 4.78 is 11.1. The number of methoxy groups -OCH3 is 2. The molecular weight excluding hydrogens is 388 g/mol. The van der Waals surface area contributed by atoms with Crippen molar-refractivity contribution >= 4 is 22.3 Å². The Labute approximate surface area is 183 Å². The molecule has 31 heavy (non-hydrogen) atoms.